The van der Waals surface area contributed by atoms with Crippen LogP contribution in [0.4, 0.5) is 0 Å². The molecule has 1 aromatic heterocycles. The number of hydrogen-bond acceptors (Lipinski definition) is 3. The van der Waals surface area contributed by atoms with Crippen LogP contribution in [0.1, 0.15) is 51.6 Å². The molecule has 2 rings (SSSR count). The quantitative estimate of drug-likeness (QED) is 0.849. The van der Waals surface area contributed by atoms with Crippen molar-refractivity contribution in [3.63, 3.8) is 0 Å². The van der Waals surface area contributed by atoms with Crippen molar-refractivity contribution in [3.8, 4) is 0 Å². The lowest BCUT2D eigenvalue weighted by Crippen LogP contribution is -2.51. The van der Waals surface area contributed by atoms with Crippen molar-refractivity contribution in [1.82, 2.24) is 4.90 Å². The van der Waals surface area contributed by atoms with Crippen LogP contribution in [0.25, 0.3) is 0 Å². The van der Waals surface area contributed by atoms with E-state index in [1.165, 1.54) is 5.56 Å². The topological polar surface area (TPSA) is 46.3 Å². The van der Waals surface area contributed by atoms with Crippen molar-refractivity contribution in [2.75, 3.05) is 0 Å². The number of hydrogen-bond donors (Lipinski definition) is 1. The van der Waals surface area contributed by atoms with Crippen LogP contribution in [-0.2, 0) is 4.79 Å². The predicted octanol–water partition coefficient (Wildman–Crippen LogP) is 2.93. The van der Waals surface area contributed by atoms with Gasteiger partial charge in [-0.2, -0.15) is 11.3 Å². The minimum atomic E-state index is -0.189. The fourth-order valence-corrected chi connectivity index (χ4v) is 3.43. The Bertz CT molecular complexity index is 408. The van der Waals surface area contributed by atoms with Gasteiger partial charge in [0.05, 0.1) is 6.04 Å². The molecule has 2 N–H and O–H groups in total. The van der Waals surface area contributed by atoms with E-state index >= 15 is 0 Å². The third kappa shape index (κ3) is 2.59. The number of likely N-dealkylation sites (tertiary alicyclic amines) is 1. The first-order valence-corrected chi connectivity index (χ1v) is 7.45. The Hall–Kier alpha value is -0.870. The first-order valence-electron chi connectivity index (χ1n) is 6.51. The van der Waals surface area contributed by atoms with Crippen molar-refractivity contribution in [2.24, 2.45) is 5.73 Å². The minimum absolute atomic E-state index is 0.0197. The minimum Gasteiger partial charge on any atom is -0.329 e. The van der Waals surface area contributed by atoms with Gasteiger partial charge >= 0.3 is 0 Å². The van der Waals surface area contributed by atoms with E-state index in [-0.39, 0.29) is 23.5 Å². The molecule has 2 atom stereocenters. The summed E-state index contributed by atoms with van der Waals surface area (Å²) in [5, 5.41) is 4.17. The molecule has 2 heterocycles. The molecule has 0 aliphatic carbocycles. The molecule has 4 heteroatoms. The highest BCUT2D eigenvalue weighted by Gasteiger charge is 2.38. The summed E-state index contributed by atoms with van der Waals surface area (Å²) < 4.78 is 0. The van der Waals surface area contributed by atoms with Gasteiger partial charge in [0, 0.05) is 18.0 Å². The Kier molecular flexibility index (Phi) is 3.78. The lowest BCUT2D eigenvalue weighted by molar-refractivity contribution is -0.139. The second kappa shape index (κ2) is 5.02. The van der Waals surface area contributed by atoms with E-state index in [1.807, 2.05) is 4.90 Å². The SMILES string of the molecule is CC(C)(C)N1C(=O)CCCC(N)C1c1ccsc1. The van der Waals surface area contributed by atoms with Crippen LogP contribution in [-0.4, -0.2) is 22.4 Å². The fraction of sp³-hybridized carbons (Fsp3) is 0.643. The summed E-state index contributed by atoms with van der Waals surface area (Å²) in [7, 11) is 0. The third-order valence-corrected chi connectivity index (χ3v) is 4.19. The molecule has 2 unspecified atom stereocenters. The Morgan fingerprint density at radius 1 is 1.44 bits per heavy atom. The number of rotatable bonds is 1. The van der Waals surface area contributed by atoms with Gasteiger partial charge in [-0.1, -0.05) is 0 Å². The van der Waals surface area contributed by atoms with E-state index in [0.29, 0.717) is 6.42 Å². The molecular weight excluding hydrogens is 244 g/mol. The van der Waals surface area contributed by atoms with Crippen LogP contribution in [0.2, 0.25) is 0 Å². The maximum absolute atomic E-state index is 12.4. The molecule has 1 aliphatic rings. The van der Waals surface area contributed by atoms with Crippen LogP contribution in [0.15, 0.2) is 16.8 Å². The number of carbonyl (C=O) groups excluding carboxylic acids is 1. The van der Waals surface area contributed by atoms with Crippen LogP contribution in [0.3, 0.4) is 0 Å². The van der Waals surface area contributed by atoms with E-state index in [9.17, 15) is 4.79 Å². The Labute approximate surface area is 113 Å². The first kappa shape index (κ1) is 13.6. The van der Waals surface area contributed by atoms with E-state index in [1.54, 1.807) is 11.3 Å². The molecule has 0 bridgehead atoms. The molecule has 18 heavy (non-hydrogen) atoms. The van der Waals surface area contributed by atoms with Crippen molar-refractivity contribution >= 4 is 17.2 Å². The number of amides is 1. The summed E-state index contributed by atoms with van der Waals surface area (Å²) in [4.78, 5) is 14.4. The molecule has 1 saturated heterocycles. The van der Waals surface area contributed by atoms with Gasteiger partial charge < -0.3 is 10.6 Å². The second-order valence-electron chi connectivity index (χ2n) is 5.99. The summed E-state index contributed by atoms with van der Waals surface area (Å²) in [5.74, 6) is 0.228. The lowest BCUT2D eigenvalue weighted by atomic mass is 9.94. The summed E-state index contributed by atoms with van der Waals surface area (Å²) in [5.41, 5.74) is 7.32. The van der Waals surface area contributed by atoms with E-state index in [0.717, 1.165) is 12.8 Å². The number of thiophene rings is 1. The molecule has 1 aliphatic heterocycles. The summed E-state index contributed by atoms with van der Waals surface area (Å²) in [6.45, 7) is 6.26. The van der Waals surface area contributed by atoms with E-state index in [4.69, 9.17) is 5.73 Å². The van der Waals surface area contributed by atoms with Gasteiger partial charge in [0.25, 0.3) is 0 Å². The molecule has 0 aromatic carbocycles. The van der Waals surface area contributed by atoms with Gasteiger partial charge in [-0.3, -0.25) is 4.79 Å². The van der Waals surface area contributed by atoms with Crippen molar-refractivity contribution in [1.29, 1.82) is 0 Å². The highest BCUT2D eigenvalue weighted by Crippen LogP contribution is 2.36. The highest BCUT2D eigenvalue weighted by atomic mass is 32.1. The van der Waals surface area contributed by atoms with Crippen LogP contribution in [0.5, 0.6) is 0 Å². The lowest BCUT2D eigenvalue weighted by Gasteiger charge is -2.42. The number of nitrogens with zero attached hydrogens (tertiary/aromatic N) is 1. The van der Waals surface area contributed by atoms with Crippen LogP contribution in [0, 0.1) is 0 Å². The second-order valence-corrected chi connectivity index (χ2v) is 6.77. The first-order chi connectivity index (χ1) is 8.41. The Morgan fingerprint density at radius 3 is 2.72 bits per heavy atom. The van der Waals surface area contributed by atoms with E-state index < -0.39 is 0 Å². The molecule has 1 fully saturated rings. The zero-order valence-corrected chi connectivity index (χ0v) is 12.2. The smallest absolute Gasteiger partial charge is 0.223 e. The molecule has 100 valence electrons. The standard InChI is InChI=1S/C14H22N2OS/c1-14(2,3)16-12(17)6-4-5-11(15)13(16)10-7-8-18-9-10/h7-9,11,13H,4-6,15H2,1-3H3. The highest BCUT2D eigenvalue weighted by molar-refractivity contribution is 7.08. The molecule has 0 saturated carbocycles. The van der Waals surface area contributed by atoms with Gasteiger partial charge in [-0.25, -0.2) is 0 Å². The van der Waals surface area contributed by atoms with Gasteiger partial charge in [0.15, 0.2) is 0 Å². The maximum Gasteiger partial charge on any atom is 0.223 e. The van der Waals surface area contributed by atoms with Crippen LogP contribution < -0.4 is 5.73 Å². The van der Waals surface area contributed by atoms with Gasteiger partial charge in [-0.05, 0) is 56.0 Å². The maximum atomic E-state index is 12.4. The summed E-state index contributed by atoms with van der Waals surface area (Å²) >= 11 is 1.66. The van der Waals surface area contributed by atoms with E-state index in [2.05, 4.69) is 37.6 Å². The summed E-state index contributed by atoms with van der Waals surface area (Å²) in [6, 6.07) is 2.14. The van der Waals surface area contributed by atoms with Crippen LogP contribution >= 0.6 is 11.3 Å². The average Bonchev–Trinajstić information content (AvgIpc) is 2.71. The van der Waals surface area contributed by atoms with Gasteiger partial charge in [0.2, 0.25) is 5.91 Å². The zero-order chi connectivity index (χ0) is 13.3. The molecule has 1 amide bonds. The number of carbonyl (C=O) groups is 1. The predicted molar refractivity (Wildman–Crippen MR) is 75.5 cm³/mol. The zero-order valence-electron chi connectivity index (χ0n) is 11.3. The normalized spacial score (nSPS) is 26.2. The average molecular weight is 266 g/mol. The van der Waals surface area contributed by atoms with Crippen molar-refractivity contribution in [3.05, 3.63) is 22.4 Å². The molecule has 3 nitrogen and oxygen atoms in total. The van der Waals surface area contributed by atoms with Gasteiger partial charge in [0.1, 0.15) is 0 Å². The van der Waals surface area contributed by atoms with Crippen molar-refractivity contribution < 1.29 is 4.79 Å². The Balaban J connectivity index is 2.43. The number of nitrogens with two attached hydrogens (primary N) is 1. The monoisotopic (exact) mass is 266 g/mol. The fourth-order valence-electron chi connectivity index (χ4n) is 2.74. The molecule has 0 radical (unpaired) electrons. The molecule has 0 spiro atoms. The van der Waals surface area contributed by atoms with Gasteiger partial charge in [-0.15, -0.1) is 0 Å². The van der Waals surface area contributed by atoms with Crippen molar-refractivity contribution in [2.45, 2.75) is 57.7 Å². The summed E-state index contributed by atoms with van der Waals surface area (Å²) in [6.07, 6.45) is 2.43. The third-order valence-electron chi connectivity index (χ3n) is 3.49. The largest absolute Gasteiger partial charge is 0.329 e. The molecular formula is C14H22N2OS. The Morgan fingerprint density at radius 2 is 2.17 bits per heavy atom. The molecule has 1 aromatic rings.